The van der Waals surface area contributed by atoms with Crippen molar-refractivity contribution >= 4 is 11.0 Å². The number of H-pyrrole nitrogens is 1. The molecule has 102 valence electrons. The summed E-state index contributed by atoms with van der Waals surface area (Å²) in [5, 5.41) is 19.6. The Morgan fingerprint density at radius 3 is 3.11 bits per heavy atom. The second-order valence-corrected chi connectivity index (χ2v) is 4.80. The first-order valence-electron chi connectivity index (χ1n) is 6.11. The number of rotatable bonds is 2. The van der Waals surface area contributed by atoms with Crippen LogP contribution in [0.3, 0.4) is 0 Å². The van der Waals surface area contributed by atoms with E-state index in [9.17, 15) is 9.90 Å². The minimum Gasteiger partial charge on any atom is -0.394 e. The van der Waals surface area contributed by atoms with Crippen LogP contribution in [0.4, 0.5) is 0 Å². The molecule has 3 atom stereocenters. The zero-order chi connectivity index (χ0) is 13.6. The molecule has 0 bridgehead atoms. The number of aromatic amines is 1. The van der Waals surface area contributed by atoms with Gasteiger partial charge in [0, 0.05) is 23.7 Å². The second kappa shape index (κ2) is 4.44. The molecule has 19 heavy (non-hydrogen) atoms. The van der Waals surface area contributed by atoms with Crippen LogP contribution >= 0.6 is 0 Å². The van der Waals surface area contributed by atoms with Gasteiger partial charge in [0.25, 0.3) is 0 Å². The van der Waals surface area contributed by atoms with Crippen molar-refractivity contribution < 1.29 is 14.9 Å². The molecule has 3 heterocycles. The minimum atomic E-state index is -0.773. The van der Waals surface area contributed by atoms with Gasteiger partial charge in [-0.05, 0) is 13.0 Å². The Kier molecular flexibility index (Phi) is 2.89. The van der Waals surface area contributed by atoms with Crippen molar-refractivity contribution in [3.05, 3.63) is 28.4 Å². The van der Waals surface area contributed by atoms with Crippen LogP contribution in [0.1, 0.15) is 18.3 Å². The summed E-state index contributed by atoms with van der Waals surface area (Å²) >= 11 is 0. The molecule has 1 aliphatic rings. The molecule has 1 aliphatic heterocycles. The number of hydrogen-bond donors (Lipinski definition) is 3. The highest BCUT2D eigenvalue weighted by atomic mass is 16.5. The van der Waals surface area contributed by atoms with Crippen LogP contribution in [-0.2, 0) is 4.74 Å². The first kappa shape index (κ1) is 12.3. The van der Waals surface area contributed by atoms with Crippen LogP contribution in [-0.4, -0.2) is 43.6 Å². The highest BCUT2D eigenvalue weighted by molar-refractivity contribution is 5.75. The number of hydrogen-bond acceptors (Lipinski definition) is 5. The van der Waals surface area contributed by atoms with E-state index in [4.69, 9.17) is 9.84 Å². The van der Waals surface area contributed by atoms with Gasteiger partial charge in [-0.3, -0.25) is 4.57 Å². The maximum Gasteiger partial charge on any atom is 0.351 e. The maximum absolute atomic E-state index is 11.9. The van der Waals surface area contributed by atoms with Crippen LogP contribution in [0.15, 0.2) is 17.1 Å². The molecular weight excluding hydrogens is 250 g/mol. The van der Waals surface area contributed by atoms with Gasteiger partial charge >= 0.3 is 5.69 Å². The molecule has 0 aliphatic carbocycles. The molecule has 0 aromatic carbocycles. The summed E-state index contributed by atoms with van der Waals surface area (Å²) in [5.41, 5.74) is 1.02. The quantitative estimate of drug-likeness (QED) is 0.690. The standard InChI is InChI=1S/C12H15N3O4/c1-6-2-7-4-15(12(18)14-11(7)13-6)10-3-8(17)9(5-16)19-10/h2,4,8-10,16-17H,3,5H2,1H3,(H,13,14,18)/t8-,9+,10+/m0/s1. The van der Waals surface area contributed by atoms with Gasteiger partial charge in [0.2, 0.25) is 0 Å². The van der Waals surface area contributed by atoms with E-state index in [2.05, 4.69) is 9.97 Å². The molecule has 1 fully saturated rings. The van der Waals surface area contributed by atoms with Crippen LogP contribution in [0.2, 0.25) is 0 Å². The summed E-state index contributed by atoms with van der Waals surface area (Å²) in [6.07, 6.45) is -0.0922. The molecule has 3 rings (SSSR count). The Morgan fingerprint density at radius 2 is 2.42 bits per heavy atom. The first-order chi connectivity index (χ1) is 9.08. The van der Waals surface area contributed by atoms with Gasteiger partial charge < -0.3 is 19.9 Å². The largest absolute Gasteiger partial charge is 0.394 e. The summed E-state index contributed by atoms with van der Waals surface area (Å²) in [7, 11) is 0. The van der Waals surface area contributed by atoms with Gasteiger partial charge in [-0.2, -0.15) is 4.98 Å². The van der Waals surface area contributed by atoms with Crippen molar-refractivity contribution in [1.82, 2.24) is 14.5 Å². The lowest BCUT2D eigenvalue weighted by Crippen LogP contribution is -2.27. The summed E-state index contributed by atoms with van der Waals surface area (Å²) in [6.45, 7) is 1.61. The Labute approximate surface area is 108 Å². The SMILES string of the molecule is Cc1cc2cn([C@H]3C[C@H](O)[C@@H](CO)O3)c(=O)nc2[nH]1. The Balaban J connectivity index is 2.01. The highest BCUT2D eigenvalue weighted by Crippen LogP contribution is 2.27. The predicted molar refractivity (Wildman–Crippen MR) is 66.7 cm³/mol. The fourth-order valence-electron chi connectivity index (χ4n) is 2.40. The van der Waals surface area contributed by atoms with E-state index in [1.54, 1.807) is 6.20 Å². The van der Waals surface area contributed by atoms with Crippen molar-refractivity contribution in [2.45, 2.75) is 31.8 Å². The number of fused-ring (bicyclic) bond motifs is 1. The highest BCUT2D eigenvalue weighted by Gasteiger charge is 2.35. The monoisotopic (exact) mass is 265 g/mol. The van der Waals surface area contributed by atoms with Crippen LogP contribution < -0.4 is 5.69 Å². The van der Waals surface area contributed by atoms with Gasteiger partial charge in [0.15, 0.2) is 0 Å². The zero-order valence-corrected chi connectivity index (χ0v) is 10.4. The van der Waals surface area contributed by atoms with Gasteiger partial charge in [-0.1, -0.05) is 0 Å². The Bertz CT molecular complexity index is 663. The smallest absolute Gasteiger partial charge is 0.351 e. The van der Waals surface area contributed by atoms with Crippen LogP contribution in [0, 0.1) is 6.92 Å². The van der Waals surface area contributed by atoms with Gasteiger partial charge in [-0.15, -0.1) is 0 Å². The molecule has 0 unspecified atom stereocenters. The lowest BCUT2D eigenvalue weighted by atomic mass is 10.2. The third-order valence-electron chi connectivity index (χ3n) is 3.36. The number of ether oxygens (including phenoxy) is 1. The molecule has 0 amide bonds. The van der Waals surface area contributed by atoms with Crippen LogP contribution in [0.25, 0.3) is 11.0 Å². The van der Waals surface area contributed by atoms with E-state index in [1.165, 1.54) is 4.57 Å². The summed E-state index contributed by atoms with van der Waals surface area (Å²) < 4.78 is 6.81. The molecule has 2 aromatic heterocycles. The van der Waals surface area contributed by atoms with Gasteiger partial charge in [0.05, 0.1) is 12.7 Å². The number of nitrogens with one attached hydrogen (secondary N) is 1. The van der Waals surface area contributed by atoms with E-state index in [1.807, 2.05) is 13.0 Å². The molecule has 7 heteroatoms. The van der Waals surface area contributed by atoms with E-state index < -0.39 is 24.1 Å². The lowest BCUT2D eigenvalue weighted by Gasteiger charge is -2.14. The summed E-state index contributed by atoms with van der Waals surface area (Å²) in [5.74, 6) is 0. The number of aromatic nitrogens is 3. The minimum absolute atomic E-state index is 0.266. The molecule has 3 N–H and O–H groups in total. The normalized spacial score (nSPS) is 27.2. The Morgan fingerprint density at radius 1 is 1.63 bits per heavy atom. The second-order valence-electron chi connectivity index (χ2n) is 4.80. The number of aliphatic hydroxyl groups is 2. The molecule has 1 saturated heterocycles. The molecular formula is C12H15N3O4. The number of aliphatic hydroxyl groups excluding tert-OH is 2. The number of nitrogens with zero attached hydrogens (tertiary/aromatic N) is 2. The molecule has 0 radical (unpaired) electrons. The lowest BCUT2D eigenvalue weighted by molar-refractivity contribution is -0.0457. The molecule has 2 aromatic rings. The van der Waals surface area contributed by atoms with Crippen molar-refractivity contribution in [1.29, 1.82) is 0 Å². The van der Waals surface area contributed by atoms with Crippen molar-refractivity contribution in [3.8, 4) is 0 Å². The van der Waals surface area contributed by atoms with Gasteiger partial charge in [0.1, 0.15) is 18.0 Å². The third kappa shape index (κ3) is 2.05. The van der Waals surface area contributed by atoms with Gasteiger partial charge in [-0.25, -0.2) is 4.79 Å². The third-order valence-corrected chi connectivity index (χ3v) is 3.36. The van der Waals surface area contributed by atoms with Crippen molar-refractivity contribution in [2.75, 3.05) is 6.61 Å². The maximum atomic E-state index is 11.9. The fraction of sp³-hybridized carbons (Fsp3) is 0.500. The average molecular weight is 265 g/mol. The van der Waals surface area contributed by atoms with E-state index in [0.717, 1.165) is 11.1 Å². The molecule has 0 saturated carbocycles. The average Bonchev–Trinajstić information content (AvgIpc) is 2.89. The molecule has 7 nitrogen and oxygen atoms in total. The van der Waals surface area contributed by atoms with E-state index >= 15 is 0 Å². The summed E-state index contributed by atoms with van der Waals surface area (Å²) in [6, 6.07) is 1.88. The summed E-state index contributed by atoms with van der Waals surface area (Å²) in [4.78, 5) is 18.9. The van der Waals surface area contributed by atoms with Crippen molar-refractivity contribution in [3.63, 3.8) is 0 Å². The van der Waals surface area contributed by atoms with E-state index in [-0.39, 0.29) is 13.0 Å². The van der Waals surface area contributed by atoms with Crippen LogP contribution in [0.5, 0.6) is 0 Å². The Hall–Kier alpha value is -1.70. The predicted octanol–water partition coefficient (Wildman–Crippen LogP) is -0.326. The molecule has 0 spiro atoms. The topological polar surface area (TPSA) is 100 Å². The van der Waals surface area contributed by atoms with E-state index in [0.29, 0.717) is 5.65 Å². The zero-order valence-electron chi connectivity index (χ0n) is 10.4. The fourth-order valence-corrected chi connectivity index (χ4v) is 2.40. The first-order valence-corrected chi connectivity index (χ1v) is 6.11. The number of aryl methyl sites for hydroxylation is 1. The van der Waals surface area contributed by atoms with Crippen molar-refractivity contribution in [2.24, 2.45) is 0 Å².